The molecule has 4 rings (SSSR count). The first kappa shape index (κ1) is 20.4. The smallest absolute Gasteiger partial charge is 0.254 e. The van der Waals surface area contributed by atoms with Crippen molar-refractivity contribution in [3.8, 4) is 22.6 Å². The summed E-state index contributed by atoms with van der Waals surface area (Å²) in [5, 5.41) is 0. The van der Waals surface area contributed by atoms with E-state index in [-0.39, 0.29) is 11.9 Å². The number of aromatic nitrogens is 2. The third kappa shape index (κ3) is 4.21. The van der Waals surface area contributed by atoms with E-state index < -0.39 is 0 Å². The van der Waals surface area contributed by atoms with E-state index in [1.165, 1.54) is 0 Å². The highest BCUT2D eigenvalue weighted by Crippen LogP contribution is 2.31. The molecule has 0 bridgehead atoms. The molecule has 0 aliphatic rings. The minimum Gasteiger partial charge on any atom is -0.496 e. The minimum atomic E-state index is -0.0625. The van der Waals surface area contributed by atoms with Crippen LogP contribution in [0.4, 0.5) is 0 Å². The molecule has 0 radical (unpaired) electrons. The molecule has 0 aliphatic heterocycles. The lowest BCUT2D eigenvalue weighted by molar-refractivity contribution is 0.0742. The van der Waals surface area contributed by atoms with Gasteiger partial charge in [-0.25, -0.2) is 4.98 Å². The topological polar surface area (TPSA) is 47.4 Å². The Bertz CT molecular complexity index is 1150. The van der Waals surface area contributed by atoms with Gasteiger partial charge in [0.2, 0.25) is 0 Å². The molecule has 4 aromatic rings. The molecule has 0 aliphatic carbocycles. The Balaban J connectivity index is 1.49. The van der Waals surface area contributed by atoms with Gasteiger partial charge in [-0.05, 0) is 48.4 Å². The van der Waals surface area contributed by atoms with Crippen molar-refractivity contribution >= 4 is 5.91 Å². The van der Waals surface area contributed by atoms with Gasteiger partial charge in [-0.3, -0.25) is 4.79 Å². The normalized spacial score (nSPS) is 11.7. The predicted molar refractivity (Wildman–Crippen MR) is 123 cm³/mol. The van der Waals surface area contributed by atoms with E-state index in [0.717, 1.165) is 28.1 Å². The average molecular weight is 412 g/mol. The van der Waals surface area contributed by atoms with Crippen LogP contribution in [0.3, 0.4) is 0 Å². The van der Waals surface area contributed by atoms with E-state index in [1.807, 2.05) is 73.3 Å². The van der Waals surface area contributed by atoms with Gasteiger partial charge in [0.15, 0.2) is 0 Å². The van der Waals surface area contributed by atoms with Crippen molar-refractivity contribution in [3.05, 3.63) is 103 Å². The zero-order valence-corrected chi connectivity index (χ0v) is 17.9. The highest BCUT2D eigenvalue weighted by atomic mass is 16.5. The number of ether oxygens (including phenoxy) is 1. The fourth-order valence-corrected chi connectivity index (χ4v) is 3.62. The second-order valence-electron chi connectivity index (χ2n) is 7.43. The van der Waals surface area contributed by atoms with E-state index in [0.29, 0.717) is 5.56 Å². The summed E-state index contributed by atoms with van der Waals surface area (Å²) in [5.74, 6) is 0.827. The lowest BCUT2D eigenvalue weighted by Crippen LogP contribution is -2.29. The number of nitrogens with zero attached hydrogens (tertiary/aromatic N) is 3. The largest absolute Gasteiger partial charge is 0.496 e. The van der Waals surface area contributed by atoms with Crippen LogP contribution in [0, 0.1) is 0 Å². The van der Waals surface area contributed by atoms with Gasteiger partial charge in [0.25, 0.3) is 5.91 Å². The van der Waals surface area contributed by atoms with Gasteiger partial charge >= 0.3 is 0 Å². The summed E-state index contributed by atoms with van der Waals surface area (Å²) in [4.78, 5) is 18.8. The quantitative estimate of drug-likeness (QED) is 0.428. The molecule has 5 heteroatoms. The van der Waals surface area contributed by atoms with Crippen LogP contribution in [0.25, 0.3) is 16.8 Å². The van der Waals surface area contributed by atoms with Crippen molar-refractivity contribution in [2.45, 2.75) is 13.0 Å². The first-order valence-corrected chi connectivity index (χ1v) is 10.2. The third-order valence-corrected chi connectivity index (χ3v) is 5.63. The fourth-order valence-electron chi connectivity index (χ4n) is 3.62. The number of imidazole rings is 1. The number of amides is 1. The molecular formula is C26H25N3O2. The van der Waals surface area contributed by atoms with Crippen molar-refractivity contribution in [2.75, 3.05) is 14.2 Å². The first-order chi connectivity index (χ1) is 15.1. The van der Waals surface area contributed by atoms with Gasteiger partial charge in [-0.15, -0.1) is 0 Å². The summed E-state index contributed by atoms with van der Waals surface area (Å²) in [5.41, 5.74) is 4.83. The number of methoxy groups -OCH3 is 1. The SMILES string of the molecule is COc1ccccc1-c1ccc(C(C)N(C)C(=O)c2ccc(-n3ccnc3)cc2)cc1. The number of carbonyl (C=O) groups is 1. The lowest BCUT2D eigenvalue weighted by Gasteiger charge is -2.26. The molecule has 0 saturated heterocycles. The molecule has 0 N–H and O–H groups in total. The zero-order chi connectivity index (χ0) is 21.8. The third-order valence-electron chi connectivity index (χ3n) is 5.63. The predicted octanol–water partition coefficient (Wildman–Crippen LogP) is 5.38. The Labute approximate surface area is 182 Å². The Morgan fingerprint density at radius 2 is 1.71 bits per heavy atom. The molecule has 1 unspecified atom stereocenters. The summed E-state index contributed by atoms with van der Waals surface area (Å²) < 4.78 is 7.38. The van der Waals surface area contributed by atoms with E-state index in [1.54, 1.807) is 24.5 Å². The standard InChI is InChI=1S/C26H25N3O2/c1-19(20-8-10-21(11-9-20)24-6-4-5-7-25(24)31-3)28(2)26(30)22-12-14-23(15-13-22)29-17-16-27-18-29/h4-19H,1-3H3. The van der Waals surface area contributed by atoms with Crippen LogP contribution < -0.4 is 4.74 Å². The number of hydrogen-bond acceptors (Lipinski definition) is 3. The number of para-hydroxylation sites is 1. The minimum absolute atomic E-state index is 0.0153. The van der Waals surface area contributed by atoms with Crippen molar-refractivity contribution in [1.29, 1.82) is 0 Å². The molecule has 0 spiro atoms. The average Bonchev–Trinajstić information content (AvgIpc) is 3.38. The summed E-state index contributed by atoms with van der Waals surface area (Å²) in [6.07, 6.45) is 5.34. The van der Waals surface area contributed by atoms with E-state index in [9.17, 15) is 4.79 Å². The highest BCUT2D eigenvalue weighted by Gasteiger charge is 2.19. The Morgan fingerprint density at radius 1 is 1.00 bits per heavy atom. The lowest BCUT2D eigenvalue weighted by atomic mass is 10.00. The van der Waals surface area contributed by atoms with Crippen LogP contribution in [-0.2, 0) is 0 Å². The van der Waals surface area contributed by atoms with Crippen LogP contribution in [0.15, 0.2) is 91.5 Å². The van der Waals surface area contributed by atoms with Crippen molar-refractivity contribution in [1.82, 2.24) is 14.5 Å². The molecule has 31 heavy (non-hydrogen) atoms. The number of carbonyl (C=O) groups excluding carboxylic acids is 1. The van der Waals surface area contributed by atoms with Gasteiger partial charge in [-0.2, -0.15) is 0 Å². The van der Waals surface area contributed by atoms with E-state index >= 15 is 0 Å². The second kappa shape index (κ2) is 8.88. The van der Waals surface area contributed by atoms with Crippen molar-refractivity contribution < 1.29 is 9.53 Å². The molecule has 1 amide bonds. The molecule has 5 nitrogen and oxygen atoms in total. The molecular weight excluding hydrogens is 386 g/mol. The Kier molecular flexibility index (Phi) is 5.85. The monoisotopic (exact) mass is 411 g/mol. The first-order valence-electron chi connectivity index (χ1n) is 10.2. The number of rotatable bonds is 6. The number of benzene rings is 3. The molecule has 3 aromatic carbocycles. The van der Waals surface area contributed by atoms with Crippen LogP contribution in [-0.4, -0.2) is 34.5 Å². The van der Waals surface area contributed by atoms with Gasteiger partial charge in [0, 0.05) is 36.3 Å². The van der Waals surface area contributed by atoms with Crippen LogP contribution in [0.2, 0.25) is 0 Å². The van der Waals surface area contributed by atoms with Crippen LogP contribution in [0.1, 0.15) is 28.9 Å². The molecule has 156 valence electrons. The number of hydrogen-bond donors (Lipinski definition) is 0. The van der Waals surface area contributed by atoms with E-state index in [4.69, 9.17) is 4.74 Å². The van der Waals surface area contributed by atoms with Crippen LogP contribution >= 0.6 is 0 Å². The fraction of sp³-hybridized carbons (Fsp3) is 0.154. The van der Waals surface area contributed by atoms with E-state index in [2.05, 4.69) is 29.2 Å². The molecule has 0 saturated carbocycles. The summed E-state index contributed by atoms with van der Waals surface area (Å²) in [6, 6.07) is 23.7. The van der Waals surface area contributed by atoms with Gasteiger partial charge in [-0.1, -0.05) is 42.5 Å². The summed E-state index contributed by atoms with van der Waals surface area (Å²) in [7, 11) is 3.52. The second-order valence-corrected chi connectivity index (χ2v) is 7.43. The summed E-state index contributed by atoms with van der Waals surface area (Å²) >= 11 is 0. The highest BCUT2D eigenvalue weighted by molar-refractivity contribution is 5.94. The molecule has 1 atom stereocenters. The van der Waals surface area contributed by atoms with Gasteiger partial charge in [0.1, 0.15) is 5.75 Å². The van der Waals surface area contributed by atoms with Gasteiger partial charge in [0.05, 0.1) is 19.5 Å². The van der Waals surface area contributed by atoms with Crippen molar-refractivity contribution in [3.63, 3.8) is 0 Å². The zero-order valence-electron chi connectivity index (χ0n) is 17.9. The maximum atomic E-state index is 13.0. The van der Waals surface area contributed by atoms with Gasteiger partial charge < -0.3 is 14.2 Å². The van der Waals surface area contributed by atoms with Crippen LogP contribution in [0.5, 0.6) is 5.75 Å². The van der Waals surface area contributed by atoms with Crippen molar-refractivity contribution in [2.24, 2.45) is 0 Å². The molecule has 1 aromatic heterocycles. The molecule has 0 fully saturated rings. The maximum absolute atomic E-state index is 13.0. The Hall–Kier alpha value is -3.86. The summed E-state index contributed by atoms with van der Waals surface area (Å²) in [6.45, 7) is 2.04. The Morgan fingerprint density at radius 3 is 2.35 bits per heavy atom. The maximum Gasteiger partial charge on any atom is 0.254 e. The molecule has 1 heterocycles.